The molecular formula is C14H19N3O2S. The van der Waals surface area contributed by atoms with E-state index in [4.69, 9.17) is 10.5 Å². The van der Waals surface area contributed by atoms with Gasteiger partial charge in [-0.3, -0.25) is 4.79 Å². The fourth-order valence-corrected chi connectivity index (χ4v) is 2.51. The number of nitrogens with zero attached hydrogens (tertiary/aromatic N) is 1. The summed E-state index contributed by atoms with van der Waals surface area (Å²) in [6.07, 6.45) is 0. The fourth-order valence-electron chi connectivity index (χ4n) is 1.62. The van der Waals surface area contributed by atoms with Crippen molar-refractivity contribution in [3.63, 3.8) is 0 Å². The number of nitrogens with one attached hydrogen (secondary N) is 1. The molecule has 0 bridgehead atoms. The highest BCUT2D eigenvalue weighted by molar-refractivity contribution is 7.22. The number of hydrogen-bond acceptors (Lipinski definition) is 5. The van der Waals surface area contributed by atoms with Crippen LogP contribution in [0.15, 0.2) is 18.2 Å². The highest BCUT2D eigenvalue weighted by Crippen LogP contribution is 2.30. The van der Waals surface area contributed by atoms with Crippen molar-refractivity contribution in [1.82, 2.24) is 4.98 Å². The molecule has 1 aromatic heterocycles. The van der Waals surface area contributed by atoms with Crippen LogP contribution < -0.4 is 15.8 Å². The Labute approximate surface area is 122 Å². The van der Waals surface area contributed by atoms with Crippen LogP contribution in [0.3, 0.4) is 0 Å². The van der Waals surface area contributed by atoms with E-state index < -0.39 is 5.41 Å². The molecule has 0 aliphatic rings. The summed E-state index contributed by atoms with van der Waals surface area (Å²) in [5.41, 5.74) is 5.66. The summed E-state index contributed by atoms with van der Waals surface area (Å²) in [6, 6.07) is 5.81. The molecule has 0 aliphatic carbocycles. The van der Waals surface area contributed by atoms with E-state index in [1.807, 2.05) is 39.0 Å². The third-order valence-electron chi connectivity index (χ3n) is 3.02. The van der Waals surface area contributed by atoms with Crippen LogP contribution in [-0.4, -0.2) is 24.0 Å². The number of aromatic nitrogens is 1. The number of rotatable bonds is 6. The van der Waals surface area contributed by atoms with Gasteiger partial charge in [0.15, 0.2) is 5.13 Å². The van der Waals surface area contributed by atoms with Crippen LogP contribution in [0.25, 0.3) is 10.2 Å². The predicted octanol–water partition coefficient (Wildman–Crippen LogP) is 2.62. The molecule has 1 heterocycles. The average molecular weight is 293 g/mol. The summed E-state index contributed by atoms with van der Waals surface area (Å²) >= 11 is 1.54. The lowest BCUT2D eigenvalue weighted by Crippen LogP contribution is -2.37. The third kappa shape index (κ3) is 3.19. The summed E-state index contributed by atoms with van der Waals surface area (Å²) in [5.74, 6) is 0.511. The van der Waals surface area contributed by atoms with E-state index in [0.717, 1.165) is 21.1 Å². The summed E-state index contributed by atoms with van der Waals surface area (Å²) < 4.78 is 6.52. The first-order chi connectivity index (χ1) is 9.42. The lowest BCUT2D eigenvalue weighted by molar-refractivity contribution is -0.125. The molecule has 0 fully saturated rings. The quantitative estimate of drug-likeness (QED) is 0.858. The molecule has 0 unspecified atom stereocenters. The zero-order valence-corrected chi connectivity index (χ0v) is 12.7. The highest BCUT2D eigenvalue weighted by Gasteiger charge is 2.24. The standard InChI is InChI=1S/C14H19N3O2S/c1-4-19-9-5-6-10-11(7-9)20-13(17-10)16-8-14(2,3)12(15)18/h5-7H,4,8H2,1-3H3,(H2,15,18)(H,16,17). The van der Waals surface area contributed by atoms with Crippen LogP contribution in [0.4, 0.5) is 5.13 Å². The van der Waals surface area contributed by atoms with Gasteiger partial charge < -0.3 is 15.8 Å². The zero-order chi connectivity index (χ0) is 14.8. The van der Waals surface area contributed by atoms with Gasteiger partial charge in [0.1, 0.15) is 5.75 Å². The monoisotopic (exact) mass is 293 g/mol. The van der Waals surface area contributed by atoms with Crippen LogP contribution >= 0.6 is 11.3 Å². The Morgan fingerprint density at radius 2 is 2.25 bits per heavy atom. The number of carbonyl (C=O) groups is 1. The molecule has 0 aliphatic heterocycles. The Bertz CT molecular complexity index is 622. The van der Waals surface area contributed by atoms with Crippen molar-refractivity contribution < 1.29 is 9.53 Å². The first-order valence-electron chi connectivity index (χ1n) is 6.49. The second kappa shape index (κ2) is 5.66. The lowest BCUT2D eigenvalue weighted by atomic mass is 9.93. The molecule has 20 heavy (non-hydrogen) atoms. The number of primary amides is 1. The van der Waals surface area contributed by atoms with E-state index in [1.165, 1.54) is 11.3 Å². The topological polar surface area (TPSA) is 77.2 Å². The van der Waals surface area contributed by atoms with Gasteiger partial charge >= 0.3 is 0 Å². The summed E-state index contributed by atoms with van der Waals surface area (Å²) in [5, 5.41) is 3.95. The van der Waals surface area contributed by atoms with Crippen LogP contribution in [0.5, 0.6) is 5.75 Å². The van der Waals surface area contributed by atoms with Gasteiger partial charge in [0.2, 0.25) is 5.91 Å². The van der Waals surface area contributed by atoms with Gasteiger partial charge in [0.05, 0.1) is 22.2 Å². The van der Waals surface area contributed by atoms with Gasteiger partial charge in [0, 0.05) is 6.54 Å². The van der Waals surface area contributed by atoms with Crippen LogP contribution in [0, 0.1) is 5.41 Å². The Balaban J connectivity index is 2.14. The minimum Gasteiger partial charge on any atom is -0.494 e. The summed E-state index contributed by atoms with van der Waals surface area (Å²) in [4.78, 5) is 15.8. The van der Waals surface area contributed by atoms with Crippen molar-refractivity contribution in [3.8, 4) is 5.75 Å². The number of benzene rings is 1. The van der Waals surface area contributed by atoms with Crippen molar-refractivity contribution >= 4 is 32.6 Å². The fraction of sp³-hybridized carbons (Fsp3) is 0.429. The molecular weight excluding hydrogens is 274 g/mol. The van der Waals surface area contributed by atoms with Gasteiger partial charge in [-0.25, -0.2) is 4.98 Å². The minimum absolute atomic E-state index is 0.329. The molecule has 0 saturated heterocycles. The van der Waals surface area contributed by atoms with Crippen molar-refractivity contribution in [1.29, 1.82) is 0 Å². The smallest absolute Gasteiger partial charge is 0.224 e. The highest BCUT2D eigenvalue weighted by atomic mass is 32.1. The van der Waals surface area contributed by atoms with Gasteiger partial charge in [-0.15, -0.1) is 0 Å². The van der Waals surface area contributed by atoms with E-state index in [9.17, 15) is 4.79 Å². The molecule has 0 spiro atoms. The Hall–Kier alpha value is -1.82. The number of hydrogen-bond donors (Lipinski definition) is 2. The Kier molecular flexibility index (Phi) is 4.13. The molecule has 2 rings (SSSR count). The first kappa shape index (κ1) is 14.6. The van der Waals surface area contributed by atoms with Crippen LogP contribution in [0.2, 0.25) is 0 Å². The molecule has 0 saturated carbocycles. The van der Waals surface area contributed by atoms with Crippen molar-refractivity contribution in [2.24, 2.45) is 11.1 Å². The molecule has 1 amide bonds. The third-order valence-corrected chi connectivity index (χ3v) is 4.00. The van der Waals surface area contributed by atoms with E-state index >= 15 is 0 Å². The zero-order valence-electron chi connectivity index (χ0n) is 11.9. The first-order valence-corrected chi connectivity index (χ1v) is 7.31. The van der Waals surface area contributed by atoms with Crippen LogP contribution in [0.1, 0.15) is 20.8 Å². The number of carbonyl (C=O) groups excluding carboxylic acids is 1. The predicted molar refractivity (Wildman–Crippen MR) is 82.3 cm³/mol. The molecule has 5 nitrogen and oxygen atoms in total. The van der Waals surface area contributed by atoms with E-state index in [-0.39, 0.29) is 5.91 Å². The van der Waals surface area contributed by atoms with Crippen molar-refractivity contribution in [2.45, 2.75) is 20.8 Å². The number of thiazole rings is 1. The number of nitrogens with two attached hydrogens (primary N) is 1. The Morgan fingerprint density at radius 1 is 1.50 bits per heavy atom. The van der Waals surface area contributed by atoms with Crippen molar-refractivity contribution in [3.05, 3.63) is 18.2 Å². The summed E-state index contributed by atoms with van der Waals surface area (Å²) in [7, 11) is 0. The second-order valence-corrected chi connectivity index (χ2v) is 6.21. The minimum atomic E-state index is -0.603. The maximum Gasteiger partial charge on any atom is 0.224 e. The maximum absolute atomic E-state index is 11.3. The molecule has 1 aromatic carbocycles. The van der Waals surface area contributed by atoms with Crippen molar-refractivity contribution in [2.75, 3.05) is 18.5 Å². The maximum atomic E-state index is 11.3. The summed E-state index contributed by atoms with van der Waals surface area (Å²) in [6.45, 7) is 6.67. The van der Waals surface area contributed by atoms with Crippen LogP contribution in [-0.2, 0) is 4.79 Å². The SMILES string of the molecule is CCOc1ccc2nc(NCC(C)(C)C(N)=O)sc2c1. The lowest BCUT2D eigenvalue weighted by Gasteiger charge is -2.20. The molecule has 108 valence electrons. The van der Waals surface area contributed by atoms with Gasteiger partial charge in [-0.2, -0.15) is 0 Å². The largest absolute Gasteiger partial charge is 0.494 e. The Morgan fingerprint density at radius 3 is 2.90 bits per heavy atom. The van der Waals surface area contributed by atoms with E-state index in [0.29, 0.717) is 13.2 Å². The van der Waals surface area contributed by atoms with Gasteiger partial charge in [-0.1, -0.05) is 11.3 Å². The number of amides is 1. The molecule has 6 heteroatoms. The normalized spacial score (nSPS) is 11.6. The van der Waals surface area contributed by atoms with E-state index in [2.05, 4.69) is 10.3 Å². The van der Waals surface area contributed by atoms with E-state index in [1.54, 1.807) is 0 Å². The van der Waals surface area contributed by atoms with Gasteiger partial charge in [-0.05, 0) is 39.0 Å². The molecule has 0 radical (unpaired) electrons. The second-order valence-electron chi connectivity index (χ2n) is 5.18. The van der Waals surface area contributed by atoms with Gasteiger partial charge in [0.25, 0.3) is 0 Å². The molecule has 0 atom stereocenters. The molecule has 3 N–H and O–H groups in total. The number of anilines is 1. The number of ether oxygens (including phenoxy) is 1. The molecule has 2 aromatic rings. The number of fused-ring (bicyclic) bond motifs is 1. The average Bonchev–Trinajstić information content (AvgIpc) is 2.79.